The van der Waals surface area contributed by atoms with Crippen molar-refractivity contribution in [2.75, 3.05) is 0 Å². The Balaban J connectivity index is 1.87. The molecule has 0 aliphatic carbocycles. The highest BCUT2D eigenvalue weighted by Crippen LogP contribution is 2.29. The van der Waals surface area contributed by atoms with Gasteiger partial charge in [0.25, 0.3) is 0 Å². The summed E-state index contributed by atoms with van der Waals surface area (Å²) in [6.07, 6.45) is 3.49. The fraction of sp³-hybridized carbons (Fsp3) is 0. The summed E-state index contributed by atoms with van der Waals surface area (Å²) in [5, 5.41) is 8.01. The molecule has 23 heavy (non-hydrogen) atoms. The molecule has 0 spiro atoms. The molecule has 0 aliphatic heterocycles. The molecule has 0 bridgehead atoms. The lowest BCUT2D eigenvalue weighted by atomic mass is 10.0. The summed E-state index contributed by atoms with van der Waals surface area (Å²) in [5.41, 5.74) is 8.07. The number of nitrogens with two attached hydrogens (primary N) is 1. The summed E-state index contributed by atoms with van der Waals surface area (Å²) in [5.74, 6) is -0.718. The molecule has 1 amide bonds. The number of hydrogen-bond donors (Lipinski definition) is 1. The highest BCUT2D eigenvalue weighted by Gasteiger charge is 2.17. The molecule has 0 unspecified atom stereocenters. The van der Waals surface area contributed by atoms with Crippen LogP contribution in [0.25, 0.3) is 28.3 Å². The number of carbonyl (C=O) groups is 1. The number of amides is 1. The Morgan fingerprint density at radius 3 is 2.65 bits per heavy atom. The van der Waals surface area contributed by atoms with E-state index in [1.165, 1.54) is 0 Å². The van der Waals surface area contributed by atoms with E-state index in [4.69, 9.17) is 10.3 Å². The van der Waals surface area contributed by atoms with E-state index in [0.29, 0.717) is 11.3 Å². The fourth-order valence-corrected chi connectivity index (χ4v) is 2.30. The van der Waals surface area contributed by atoms with Crippen LogP contribution in [0.2, 0.25) is 0 Å². The second kappa shape index (κ2) is 5.02. The van der Waals surface area contributed by atoms with Crippen LogP contribution in [0.4, 0.5) is 0 Å². The third kappa shape index (κ3) is 2.22. The quantitative estimate of drug-likeness (QED) is 0.614. The van der Waals surface area contributed by atoms with E-state index < -0.39 is 5.91 Å². The molecule has 4 rings (SSSR count). The molecule has 3 aromatic heterocycles. The lowest BCUT2D eigenvalue weighted by molar-refractivity contribution is 0.0958. The van der Waals surface area contributed by atoms with E-state index in [0.717, 1.165) is 11.2 Å². The zero-order chi connectivity index (χ0) is 15.8. The van der Waals surface area contributed by atoms with E-state index in [1.54, 1.807) is 10.7 Å². The van der Waals surface area contributed by atoms with Crippen molar-refractivity contribution in [3.05, 3.63) is 54.7 Å². The minimum absolute atomic E-state index is 0.230. The second-order valence-corrected chi connectivity index (χ2v) is 4.79. The lowest BCUT2D eigenvalue weighted by Gasteiger charge is -2.02. The number of benzene rings is 1. The van der Waals surface area contributed by atoms with E-state index in [-0.39, 0.29) is 11.7 Å². The summed E-state index contributed by atoms with van der Waals surface area (Å²) in [6, 6.07) is 11.1. The van der Waals surface area contributed by atoms with Gasteiger partial charge >= 0.3 is 11.8 Å². The molecule has 0 aliphatic rings. The molecule has 0 saturated heterocycles. The van der Waals surface area contributed by atoms with Crippen LogP contribution in [0.1, 0.15) is 10.7 Å². The first-order valence-corrected chi connectivity index (χ1v) is 6.76. The van der Waals surface area contributed by atoms with Gasteiger partial charge in [-0.05, 0) is 12.1 Å². The van der Waals surface area contributed by atoms with Gasteiger partial charge in [0.05, 0.1) is 11.9 Å². The van der Waals surface area contributed by atoms with Gasteiger partial charge < -0.3 is 10.3 Å². The Morgan fingerprint density at radius 1 is 1.09 bits per heavy atom. The Kier molecular flexibility index (Phi) is 2.87. The average Bonchev–Trinajstić information content (AvgIpc) is 3.22. The zero-order valence-corrected chi connectivity index (χ0v) is 11.7. The van der Waals surface area contributed by atoms with Crippen LogP contribution < -0.4 is 5.73 Å². The molecular weight excluding hydrogens is 296 g/mol. The maximum Gasteiger partial charge on any atom is 0.316 e. The number of nitrogens with zero attached hydrogens (tertiary/aromatic N) is 5. The fourth-order valence-electron chi connectivity index (χ4n) is 2.30. The Labute approximate surface area is 129 Å². The summed E-state index contributed by atoms with van der Waals surface area (Å²) in [7, 11) is 0. The van der Waals surface area contributed by atoms with Gasteiger partial charge in [0.1, 0.15) is 0 Å². The number of aromatic nitrogens is 5. The molecule has 0 atom stereocenters. The Morgan fingerprint density at radius 2 is 1.91 bits per heavy atom. The van der Waals surface area contributed by atoms with Crippen LogP contribution in [0.5, 0.6) is 0 Å². The van der Waals surface area contributed by atoms with Gasteiger partial charge in [-0.2, -0.15) is 10.1 Å². The molecule has 0 radical (unpaired) electrons. The summed E-state index contributed by atoms with van der Waals surface area (Å²) >= 11 is 0. The van der Waals surface area contributed by atoms with Gasteiger partial charge in [0, 0.05) is 17.3 Å². The van der Waals surface area contributed by atoms with E-state index >= 15 is 0 Å². The highest BCUT2D eigenvalue weighted by molar-refractivity contribution is 5.88. The SMILES string of the molecule is NC(=O)c1nc(-c2ccccc2-c2cn3ncccc3n2)no1. The van der Waals surface area contributed by atoms with E-state index in [1.807, 2.05) is 42.6 Å². The molecule has 1 aromatic carbocycles. The van der Waals surface area contributed by atoms with Crippen LogP contribution in [0.15, 0.2) is 53.3 Å². The van der Waals surface area contributed by atoms with Gasteiger partial charge in [-0.15, -0.1) is 0 Å². The summed E-state index contributed by atoms with van der Waals surface area (Å²) in [6.45, 7) is 0. The van der Waals surface area contributed by atoms with Crippen molar-refractivity contribution in [2.24, 2.45) is 5.73 Å². The first-order valence-electron chi connectivity index (χ1n) is 6.76. The maximum absolute atomic E-state index is 11.1. The van der Waals surface area contributed by atoms with Crippen molar-refractivity contribution >= 4 is 11.6 Å². The molecule has 8 nitrogen and oxygen atoms in total. The predicted octanol–water partition coefficient (Wildman–Crippen LogP) is 1.55. The molecule has 8 heteroatoms. The lowest BCUT2D eigenvalue weighted by Crippen LogP contribution is -2.11. The van der Waals surface area contributed by atoms with E-state index in [9.17, 15) is 4.79 Å². The van der Waals surface area contributed by atoms with Crippen LogP contribution in [-0.2, 0) is 0 Å². The minimum atomic E-state index is -0.766. The molecule has 2 N–H and O–H groups in total. The van der Waals surface area contributed by atoms with Gasteiger partial charge in [0.15, 0.2) is 5.65 Å². The maximum atomic E-state index is 11.1. The third-order valence-corrected chi connectivity index (χ3v) is 3.32. The predicted molar refractivity (Wildman–Crippen MR) is 80.2 cm³/mol. The number of fused-ring (bicyclic) bond motifs is 1. The topological polar surface area (TPSA) is 112 Å². The van der Waals surface area contributed by atoms with Crippen molar-refractivity contribution < 1.29 is 9.32 Å². The Bertz CT molecular complexity index is 986. The average molecular weight is 306 g/mol. The normalized spacial score (nSPS) is 11.0. The number of carbonyl (C=O) groups excluding carboxylic acids is 1. The van der Waals surface area contributed by atoms with Crippen molar-refractivity contribution in [3.63, 3.8) is 0 Å². The minimum Gasteiger partial charge on any atom is -0.361 e. The largest absolute Gasteiger partial charge is 0.361 e. The number of hydrogen-bond acceptors (Lipinski definition) is 6. The molecule has 3 heterocycles. The molecule has 0 saturated carbocycles. The molecule has 4 aromatic rings. The van der Waals surface area contributed by atoms with Crippen molar-refractivity contribution in [1.82, 2.24) is 24.7 Å². The van der Waals surface area contributed by atoms with Gasteiger partial charge in [-0.25, -0.2) is 9.50 Å². The first kappa shape index (κ1) is 13.1. The van der Waals surface area contributed by atoms with E-state index in [2.05, 4.69) is 20.2 Å². The second-order valence-electron chi connectivity index (χ2n) is 4.79. The number of rotatable bonds is 3. The van der Waals surface area contributed by atoms with Gasteiger partial charge in [0.2, 0.25) is 5.82 Å². The van der Waals surface area contributed by atoms with Crippen molar-refractivity contribution in [3.8, 4) is 22.6 Å². The number of primary amides is 1. The monoisotopic (exact) mass is 306 g/mol. The molecule has 112 valence electrons. The van der Waals surface area contributed by atoms with Crippen molar-refractivity contribution in [2.45, 2.75) is 0 Å². The van der Waals surface area contributed by atoms with Crippen LogP contribution in [0, 0.1) is 0 Å². The van der Waals surface area contributed by atoms with Crippen LogP contribution in [-0.4, -0.2) is 30.6 Å². The molecular formula is C15H10N6O2. The first-order chi connectivity index (χ1) is 11.2. The van der Waals surface area contributed by atoms with Crippen LogP contribution >= 0.6 is 0 Å². The van der Waals surface area contributed by atoms with Crippen LogP contribution in [0.3, 0.4) is 0 Å². The zero-order valence-electron chi connectivity index (χ0n) is 11.7. The standard InChI is InChI=1S/C15H10N6O2/c16-13(22)15-19-14(20-23-15)10-5-2-1-4-9(10)11-8-21-12(18-11)6-3-7-17-21/h1-8H,(H2,16,22). The smallest absolute Gasteiger partial charge is 0.316 e. The van der Waals surface area contributed by atoms with Crippen molar-refractivity contribution in [1.29, 1.82) is 0 Å². The van der Waals surface area contributed by atoms with Gasteiger partial charge in [-0.3, -0.25) is 4.79 Å². The number of imidazole rings is 1. The van der Waals surface area contributed by atoms with Gasteiger partial charge in [-0.1, -0.05) is 29.4 Å². The summed E-state index contributed by atoms with van der Waals surface area (Å²) < 4.78 is 6.53. The summed E-state index contributed by atoms with van der Waals surface area (Å²) in [4.78, 5) is 19.7. The Hall–Kier alpha value is -3.55. The third-order valence-electron chi connectivity index (χ3n) is 3.32. The highest BCUT2D eigenvalue weighted by atomic mass is 16.5. The molecule has 0 fully saturated rings.